The van der Waals surface area contributed by atoms with Gasteiger partial charge in [-0.15, -0.1) is 0 Å². The van der Waals surface area contributed by atoms with Gasteiger partial charge in [0.05, 0.1) is 10.7 Å². The van der Waals surface area contributed by atoms with Gasteiger partial charge in [-0.3, -0.25) is 4.79 Å². The Morgan fingerprint density at radius 3 is 2.76 bits per heavy atom. The Bertz CT molecular complexity index is 957. The molecule has 0 atom stereocenters. The van der Waals surface area contributed by atoms with Gasteiger partial charge in [0.1, 0.15) is 17.2 Å². The molecule has 0 aliphatic heterocycles. The van der Waals surface area contributed by atoms with E-state index in [4.69, 9.17) is 27.9 Å². The number of anilines is 1. The zero-order valence-corrected chi connectivity index (χ0v) is 14.9. The maximum absolute atomic E-state index is 11.6. The quantitative estimate of drug-likeness (QED) is 0.688. The van der Waals surface area contributed by atoms with Gasteiger partial charge in [-0.25, -0.2) is 5.10 Å². The number of hydrogen-bond acceptors (Lipinski definition) is 4. The molecule has 1 heterocycles. The summed E-state index contributed by atoms with van der Waals surface area (Å²) in [7, 11) is 1.69. The number of hydrogen-bond donors (Lipinski definition) is 2. The lowest BCUT2D eigenvalue weighted by molar-refractivity contribution is 0.482. The van der Waals surface area contributed by atoms with Crippen molar-refractivity contribution in [1.29, 1.82) is 0 Å². The molecule has 5 nitrogen and oxygen atoms in total. The summed E-state index contributed by atoms with van der Waals surface area (Å²) in [6.45, 7) is 0. The normalized spacial score (nSPS) is 10.5. The van der Waals surface area contributed by atoms with E-state index in [0.29, 0.717) is 33.7 Å². The second-order valence-corrected chi connectivity index (χ2v) is 6.20. The maximum Gasteiger partial charge on any atom is 0.287 e. The molecule has 0 unspecified atom stereocenters. The third kappa shape index (κ3) is 4.32. The van der Waals surface area contributed by atoms with Crippen LogP contribution in [-0.2, 0) is 6.42 Å². The van der Waals surface area contributed by atoms with E-state index in [1.54, 1.807) is 43.4 Å². The number of halogens is 2. The van der Waals surface area contributed by atoms with E-state index in [1.807, 2.05) is 12.1 Å². The van der Waals surface area contributed by atoms with Gasteiger partial charge in [0, 0.05) is 18.5 Å². The van der Waals surface area contributed by atoms with Crippen LogP contribution in [-0.4, -0.2) is 17.2 Å². The van der Waals surface area contributed by atoms with Crippen molar-refractivity contribution in [2.24, 2.45) is 0 Å². The molecule has 0 amide bonds. The number of aromatic amines is 1. The summed E-state index contributed by atoms with van der Waals surface area (Å²) in [6, 6.07) is 14.3. The van der Waals surface area contributed by atoms with Gasteiger partial charge in [0.15, 0.2) is 0 Å². The summed E-state index contributed by atoms with van der Waals surface area (Å²) in [6.07, 6.45) is 0.522. The summed E-state index contributed by atoms with van der Waals surface area (Å²) >= 11 is 12.2. The molecule has 3 aromatic rings. The molecule has 0 bridgehead atoms. The molecule has 2 N–H and O–H groups in total. The number of ether oxygens (including phenoxy) is 1. The smallest absolute Gasteiger partial charge is 0.287 e. The van der Waals surface area contributed by atoms with E-state index in [2.05, 4.69) is 15.5 Å². The third-order valence-electron chi connectivity index (χ3n) is 3.53. The predicted octanol–water partition coefficient (Wildman–Crippen LogP) is 4.50. The van der Waals surface area contributed by atoms with Crippen molar-refractivity contribution < 1.29 is 4.74 Å². The van der Waals surface area contributed by atoms with E-state index in [-0.39, 0.29) is 5.56 Å². The van der Waals surface area contributed by atoms with E-state index in [9.17, 15) is 4.79 Å². The highest BCUT2D eigenvalue weighted by molar-refractivity contribution is 6.32. The second kappa shape index (κ2) is 7.59. The summed E-state index contributed by atoms with van der Waals surface area (Å²) in [4.78, 5) is 11.6. The Morgan fingerprint density at radius 1 is 1.16 bits per heavy atom. The van der Waals surface area contributed by atoms with Gasteiger partial charge in [-0.05, 0) is 42.0 Å². The number of nitrogens with zero attached hydrogens (tertiary/aromatic N) is 1. The van der Waals surface area contributed by atoms with Crippen molar-refractivity contribution >= 4 is 28.9 Å². The van der Waals surface area contributed by atoms with Crippen LogP contribution in [0.1, 0.15) is 11.3 Å². The molecule has 7 heteroatoms. The molecule has 0 spiro atoms. The van der Waals surface area contributed by atoms with Crippen molar-refractivity contribution in [3.8, 4) is 11.5 Å². The summed E-state index contributed by atoms with van der Waals surface area (Å²) < 4.78 is 5.83. The fourth-order valence-corrected chi connectivity index (χ4v) is 2.66. The standard InChI is InChI=1S/C18H15Cl2N3O2/c1-21-16-10-13(22-23-18(16)24)7-11-5-6-15(20)17(8-11)25-14-4-2-3-12(19)9-14/h2-6,8-10H,7H2,1H3,(H,21,22)(H,23,24). The first kappa shape index (κ1) is 17.3. The summed E-state index contributed by atoms with van der Waals surface area (Å²) in [5.41, 5.74) is 1.88. The molecule has 0 saturated heterocycles. The molecule has 0 aliphatic carbocycles. The Morgan fingerprint density at radius 2 is 2.00 bits per heavy atom. The van der Waals surface area contributed by atoms with Gasteiger partial charge in [-0.1, -0.05) is 35.3 Å². The van der Waals surface area contributed by atoms with Gasteiger partial charge in [0.25, 0.3) is 5.56 Å². The van der Waals surface area contributed by atoms with Crippen molar-refractivity contribution in [3.05, 3.63) is 80.2 Å². The zero-order valence-electron chi connectivity index (χ0n) is 13.3. The first-order chi connectivity index (χ1) is 12.0. The van der Waals surface area contributed by atoms with Crippen molar-refractivity contribution in [3.63, 3.8) is 0 Å². The van der Waals surface area contributed by atoms with Crippen LogP contribution >= 0.6 is 23.2 Å². The lowest BCUT2D eigenvalue weighted by Gasteiger charge is -2.10. The highest BCUT2D eigenvalue weighted by Crippen LogP contribution is 2.31. The van der Waals surface area contributed by atoms with Crippen LogP contribution in [0.3, 0.4) is 0 Å². The van der Waals surface area contributed by atoms with Crippen molar-refractivity contribution in [2.45, 2.75) is 6.42 Å². The zero-order chi connectivity index (χ0) is 17.8. The number of H-pyrrole nitrogens is 1. The molecule has 25 heavy (non-hydrogen) atoms. The largest absolute Gasteiger partial charge is 0.456 e. The second-order valence-electron chi connectivity index (χ2n) is 5.35. The van der Waals surface area contributed by atoms with Crippen molar-refractivity contribution in [1.82, 2.24) is 10.2 Å². The minimum atomic E-state index is -0.257. The minimum Gasteiger partial charge on any atom is -0.456 e. The average Bonchev–Trinajstić information content (AvgIpc) is 2.59. The Labute approximate surface area is 154 Å². The number of rotatable bonds is 5. The lowest BCUT2D eigenvalue weighted by Crippen LogP contribution is -2.14. The molecule has 3 rings (SSSR count). The topological polar surface area (TPSA) is 67.0 Å². The van der Waals surface area contributed by atoms with Crippen LogP contribution in [0.2, 0.25) is 10.0 Å². The molecular formula is C18H15Cl2N3O2. The number of aromatic nitrogens is 2. The monoisotopic (exact) mass is 375 g/mol. The van der Waals surface area contributed by atoms with Gasteiger partial charge < -0.3 is 10.1 Å². The first-order valence-electron chi connectivity index (χ1n) is 7.53. The lowest BCUT2D eigenvalue weighted by atomic mass is 10.1. The Balaban J connectivity index is 1.85. The number of nitrogens with one attached hydrogen (secondary N) is 2. The molecule has 0 fully saturated rings. The van der Waals surface area contributed by atoms with Crippen LogP contribution in [0.4, 0.5) is 5.69 Å². The fourth-order valence-electron chi connectivity index (χ4n) is 2.33. The molecule has 128 valence electrons. The van der Waals surface area contributed by atoms with Crippen LogP contribution in [0.15, 0.2) is 53.3 Å². The first-order valence-corrected chi connectivity index (χ1v) is 8.29. The number of benzene rings is 2. The van der Waals surface area contributed by atoms with Gasteiger partial charge in [-0.2, -0.15) is 5.10 Å². The third-order valence-corrected chi connectivity index (χ3v) is 4.08. The SMILES string of the molecule is CNc1cc(Cc2ccc(Cl)c(Oc3cccc(Cl)c3)c2)n[nH]c1=O. The van der Waals surface area contributed by atoms with Crippen LogP contribution in [0.5, 0.6) is 11.5 Å². The highest BCUT2D eigenvalue weighted by Gasteiger charge is 2.08. The molecule has 0 radical (unpaired) electrons. The summed E-state index contributed by atoms with van der Waals surface area (Å²) in [5.74, 6) is 1.13. The Hall–Kier alpha value is -2.50. The van der Waals surface area contributed by atoms with E-state index in [1.165, 1.54) is 0 Å². The molecule has 0 saturated carbocycles. The Kier molecular flexibility index (Phi) is 5.26. The molecular weight excluding hydrogens is 361 g/mol. The highest BCUT2D eigenvalue weighted by atomic mass is 35.5. The fraction of sp³-hybridized carbons (Fsp3) is 0.111. The van der Waals surface area contributed by atoms with Crippen LogP contribution in [0, 0.1) is 0 Å². The average molecular weight is 376 g/mol. The van der Waals surface area contributed by atoms with Crippen LogP contribution in [0.25, 0.3) is 0 Å². The minimum absolute atomic E-state index is 0.257. The summed E-state index contributed by atoms with van der Waals surface area (Å²) in [5, 5.41) is 10.5. The predicted molar refractivity (Wildman–Crippen MR) is 100 cm³/mol. The molecule has 0 aliphatic rings. The van der Waals surface area contributed by atoms with Crippen molar-refractivity contribution in [2.75, 3.05) is 12.4 Å². The van der Waals surface area contributed by atoms with Gasteiger partial charge >= 0.3 is 0 Å². The van der Waals surface area contributed by atoms with E-state index >= 15 is 0 Å². The van der Waals surface area contributed by atoms with Crippen LogP contribution < -0.4 is 15.6 Å². The van der Waals surface area contributed by atoms with E-state index < -0.39 is 0 Å². The molecule has 1 aromatic heterocycles. The van der Waals surface area contributed by atoms with Gasteiger partial charge in [0.2, 0.25) is 0 Å². The maximum atomic E-state index is 11.6. The molecule has 2 aromatic carbocycles. The van der Waals surface area contributed by atoms with E-state index in [0.717, 1.165) is 11.3 Å².